The molecule has 0 aliphatic carbocycles. The van der Waals surface area contributed by atoms with Gasteiger partial charge in [-0.1, -0.05) is 15.9 Å². The second-order valence-electron chi connectivity index (χ2n) is 2.94. The molecule has 0 aromatic heterocycles. The number of rotatable bonds is 5. The monoisotopic (exact) mass is 606 g/mol. The van der Waals surface area contributed by atoms with Gasteiger partial charge >= 0.3 is 0 Å². The zero-order chi connectivity index (χ0) is 11.3. The molecule has 0 N–H and O–H groups in total. The van der Waals surface area contributed by atoms with E-state index in [1.54, 1.807) is 0 Å². The highest BCUT2D eigenvalue weighted by atomic mass is 127. The highest BCUT2D eigenvalue weighted by Gasteiger charge is 2.07. The minimum atomic E-state index is 0.804. The van der Waals surface area contributed by atoms with E-state index in [1.165, 1.54) is 10.7 Å². The summed E-state index contributed by atoms with van der Waals surface area (Å²) in [6, 6.07) is 4.28. The summed E-state index contributed by atoms with van der Waals surface area (Å²) in [5.74, 6) is 1.03. The summed E-state index contributed by atoms with van der Waals surface area (Å²) in [5.41, 5.74) is 0. The van der Waals surface area contributed by atoms with Crippen molar-refractivity contribution in [1.82, 2.24) is 0 Å². The Morgan fingerprint density at radius 2 is 1.67 bits per heavy atom. The molecule has 0 bridgehead atoms. The van der Waals surface area contributed by atoms with Crippen LogP contribution in [0.3, 0.4) is 0 Å². The SMILES string of the molecule is BrCCCCOc1c(I)cc(I)cc1I. The molecule has 5 heteroatoms. The Kier molecular flexibility index (Phi) is 7.78. The van der Waals surface area contributed by atoms with E-state index in [0.717, 1.165) is 30.5 Å². The van der Waals surface area contributed by atoms with Gasteiger partial charge in [0, 0.05) is 8.90 Å². The van der Waals surface area contributed by atoms with E-state index >= 15 is 0 Å². The summed E-state index contributed by atoms with van der Waals surface area (Å²) in [5, 5.41) is 1.05. The van der Waals surface area contributed by atoms with E-state index < -0.39 is 0 Å². The highest BCUT2D eigenvalue weighted by Crippen LogP contribution is 2.29. The largest absolute Gasteiger partial charge is 0.491 e. The van der Waals surface area contributed by atoms with Crippen LogP contribution in [0.4, 0.5) is 0 Å². The van der Waals surface area contributed by atoms with Crippen LogP contribution in [0, 0.1) is 10.7 Å². The standard InChI is InChI=1S/C10H10BrI3O/c11-3-1-2-4-15-10-8(13)5-7(12)6-9(10)14/h5-6H,1-4H2. The average molecular weight is 607 g/mol. The molecule has 0 amide bonds. The molecule has 0 saturated heterocycles. The van der Waals surface area contributed by atoms with E-state index in [4.69, 9.17) is 4.74 Å². The van der Waals surface area contributed by atoms with Crippen molar-refractivity contribution >= 4 is 83.7 Å². The van der Waals surface area contributed by atoms with Crippen LogP contribution in [0.25, 0.3) is 0 Å². The van der Waals surface area contributed by atoms with E-state index in [-0.39, 0.29) is 0 Å². The van der Waals surface area contributed by atoms with Gasteiger partial charge in [-0.25, -0.2) is 0 Å². The van der Waals surface area contributed by atoms with Gasteiger partial charge in [0.05, 0.1) is 13.7 Å². The first-order valence-electron chi connectivity index (χ1n) is 4.48. The van der Waals surface area contributed by atoms with Crippen LogP contribution in [-0.2, 0) is 0 Å². The number of ether oxygens (including phenoxy) is 1. The van der Waals surface area contributed by atoms with Crippen molar-refractivity contribution in [2.24, 2.45) is 0 Å². The van der Waals surface area contributed by atoms with Gasteiger partial charge in [-0.2, -0.15) is 0 Å². The predicted molar refractivity (Wildman–Crippen MR) is 93.1 cm³/mol. The van der Waals surface area contributed by atoms with Gasteiger partial charge in [0.15, 0.2) is 0 Å². The van der Waals surface area contributed by atoms with Gasteiger partial charge in [0.25, 0.3) is 0 Å². The number of hydrogen-bond donors (Lipinski definition) is 0. The molecule has 1 rings (SSSR count). The van der Waals surface area contributed by atoms with Gasteiger partial charge in [-0.3, -0.25) is 0 Å². The Bertz CT molecular complexity index is 307. The molecule has 1 nitrogen and oxygen atoms in total. The number of halogens is 4. The van der Waals surface area contributed by atoms with Crippen LogP contribution in [0.2, 0.25) is 0 Å². The number of alkyl halides is 1. The fraction of sp³-hybridized carbons (Fsp3) is 0.400. The zero-order valence-electron chi connectivity index (χ0n) is 7.90. The Balaban J connectivity index is 2.60. The van der Waals surface area contributed by atoms with E-state index in [9.17, 15) is 0 Å². The average Bonchev–Trinajstić information content (AvgIpc) is 2.15. The third-order valence-corrected chi connectivity index (χ3v) is 4.52. The highest BCUT2D eigenvalue weighted by molar-refractivity contribution is 14.1. The molecule has 0 radical (unpaired) electrons. The summed E-state index contributed by atoms with van der Waals surface area (Å²) in [7, 11) is 0. The number of benzene rings is 1. The molecule has 0 aliphatic rings. The summed E-state index contributed by atoms with van der Waals surface area (Å²) in [4.78, 5) is 0. The minimum Gasteiger partial charge on any atom is -0.491 e. The smallest absolute Gasteiger partial charge is 0.145 e. The van der Waals surface area contributed by atoms with Gasteiger partial charge < -0.3 is 4.74 Å². The van der Waals surface area contributed by atoms with Crippen molar-refractivity contribution in [1.29, 1.82) is 0 Å². The first-order valence-corrected chi connectivity index (χ1v) is 8.84. The van der Waals surface area contributed by atoms with Crippen LogP contribution in [0.5, 0.6) is 5.75 Å². The van der Waals surface area contributed by atoms with Crippen LogP contribution in [0.15, 0.2) is 12.1 Å². The molecule has 84 valence electrons. The molecular formula is C10H10BrI3O. The summed E-state index contributed by atoms with van der Waals surface area (Å²) in [6.45, 7) is 0.804. The third kappa shape index (κ3) is 5.24. The van der Waals surface area contributed by atoms with E-state index in [1.807, 2.05) is 0 Å². The minimum absolute atomic E-state index is 0.804. The maximum Gasteiger partial charge on any atom is 0.145 e. The van der Waals surface area contributed by atoms with Crippen LogP contribution < -0.4 is 4.74 Å². The lowest BCUT2D eigenvalue weighted by Gasteiger charge is -2.10. The Labute approximate surface area is 140 Å². The summed E-state index contributed by atoms with van der Waals surface area (Å²) in [6.07, 6.45) is 2.26. The van der Waals surface area contributed by atoms with Crippen molar-refractivity contribution in [2.45, 2.75) is 12.8 Å². The molecular weight excluding hydrogens is 597 g/mol. The lowest BCUT2D eigenvalue weighted by Crippen LogP contribution is -2.01. The topological polar surface area (TPSA) is 9.23 Å². The Morgan fingerprint density at radius 1 is 1.07 bits per heavy atom. The Morgan fingerprint density at radius 3 is 2.20 bits per heavy atom. The van der Waals surface area contributed by atoms with Crippen molar-refractivity contribution in [3.63, 3.8) is 0 Å². The van der Waals surface area contributed by atoms with E-state index in [2.05, 4.69) is 95.8 Å². The lowest BCUT2D eigenvalue weighted by atomic mass is 10.3. The first-order chi connectivity index (χ1) is 7.15. The third-order valence-electron chi connectivity index (χ3n) is 1.74. The maximum absolute atomic E-state index is 5.79. The molecule has 0 unspecified atom stereocenters. The van der Waals surface area contributed by atoms with Crippen LogP contribution in [0.1, 0.15) is 12.8 Å². The fourth-order valence-electron chi connectivity index (χ4n) is 1.04. The second-order valence-corrected chi connectivity index (χ2v) is 7.31. The normalized spacial score (nSPS) is 10.4. The molecule has 0 fully saturated rings. The molecule has 0 aliphatic heterocycles. The van der Waals surface area contributed by atoms with Crippen LogP contribution in [-0.4, -0.2) is 11.9 Å². The van der Waals surface area contributed by atoms with Crippen molar-refractivity contribution in [3.05, 3.63) is 22.8 Å². The van der Waals surface area contributed by atoms with Gasteiger partial charge in [-0.05, 0) is 92.7 Å². The predicted octanol–water partition coefficient (Wildman–Crippen LogP) is 5.05. The molecule has 15 heavy (non-hydrogen) atoms. The first kappa shape index (κ1) is 14.7. The Hall–Kier alpha value is 1.69. The molecule has 0 atom stereocenters. The van der Waals surface area contributed by atoms with Gasteiger partial charge in [0.2, 0.25) is 0 Å². The molecule has 1 aromatic rings. The van der Waals surface area contributed by atoms with Crippen molar-refractivity contribution < 1.29 is 4.74 Å². The second kappa shape index (κ2) is 7.91. The zero-order valence-corrected chi connectivity index (χ0v) is 16.0. The quantitative estimate of drug-likeness (QED) is 0.259. The lowest BCUT2D eigenvalue weighted by molar-refractivity contribution is 0.305. The van der Waals surface area contributed by atoms with E-state index in [0.29, 0.717) is 0 Å². The molecule has 1 aromatic carbocycles. The van der Waals surface area contributed by atoms with Crippen molar-refractivity contribution in [3.8, 4) is 5.75 Å². The van der Waals surface area contributed by atoms with Gasteiger partial charge in [-0.15, -0.1) is 0 Å². The molecule has 0 heterocycles. The van der Waals surface area contributed by atoms with Crippen LogP contribution >= 0.6 is 83.7 Å². The summed E-state index contributed by atoms with van der Waals surface area (Å²) >= 11 is 10.4. The number of unbranched alkanes of at least 4 members (excludes halogenated alkanes) is 1. The molecule has 0 saturated carbocycles. The summed E-state index contributed by atoms with van der Waals surface area (Å²) < 4.78 is 9.44. The van der Waals surface area contributed by atoms with Gasteiger partial charge in [0.1, 0.15) is 5.75 Å². The molecule has 0 spiro atoms. The number of hydrogen-bond acceptors (Lipinski definition) is 1. The fourth-order valence-corrected chi connectivity index (χ4v) is 5.33. The van der Waals surface area contributed by atoms with Crippen molar-refractivity contribution in [2.75, 3.05) is 11.9 Å². The maximum atomic E-state index is 5.79.